The van der Waals surface area contributed by atoms with Crippen LogP contribution in [0.1, 0.15) is 22.3 Å². The van der Waals surface area contributed by atoms with Gasteiger partial charge in [-0.3, -0.25) is 4.79 Å². The van der Waals surface area contributed by atoms with Crippen LogP contribution >= 0.6 is 0 Å². The summed E-state index contributed by atoms with van der Waals surface area (Å²) in [5.74, 6) is 0.776. The lowest BCUT2D eigenvalue weighted by molar-refractivity contribution is 0.0937. The number of ether oxygens (including phenoxy) is 1. The molecule has 0 saturated carbocycles. The average molecular weight is 295 g/mol. The van der Waals surface area contributed by atoms with Gasteiger partial charge < -0.3 is 10.1 Å². The second kappa shape index (κ2) is 8.03. The Kier molecular flexibility index (Phi) is 5.78. The number of amides is 1. The van der Waals surface area contributed by atoms with Gasteiger partial charge in [-0.2, -0.15) is 0 Å². The summed E-state index contributed by atoms with van der Waals surface area (Å²) in [6.45, 7) is 3.78. The molecule has 0 aromatic heterocycles. The Bertz CT molecular complexity index is 605. The highest BCUT2D eigenvalue weighted by Gasteiger charge is 2.13. The van der Waals surface area contributed by atoms with Crippen LogP contribution < -0.4 is 10.1 Å². The second-order valence-corrected chi connectivity index (χ2v) is 5.11. The van der Waals surface area contributed by atoms with Crippen LogP contribution in [-0.2, 0) is 6.42 Å². The molecule has 114 valence electrons. The first-order valence-corrected chi connectivity index (χ1v) is 7.32. The van der Waals surface area contributed by atoms with Gasteiger partial charge in [-0.25, -0.2) is 0 Å². The van der Waals surface area contributed by atoms with Crippen molar-refractivity contribution < 1.29 is 9.53 Å². The summed E-state index contributed by atoms with van der Waals surface area (Å²) in [6.07, 6.45) is 3.32. The van der Waals surface area contributed by atoms with E-state index in [2.05, 4.69) is 11.9 Å². The van der Waals surface area contributed by atoms with Crippen molar-refractivity contribution in [3.63, 3.8) is 0 Å². The van der Waals surface area contributed by atoms with Crippen molar-refractivity contribution in [1.82, 2.24) is 5.32 Å². The summed E-state index contributed by atoms with van der Waals surface area (Å²) in [4.78, 5) is 12.3. The van der Waals surface area contributed by atoms with Crippen LogP contribution in [0, 0.1) is 0 Å². The third-order valence-corrected chi connectivity index (χ3v) is 3.46. The Balaban J connectivity index is 2.02. The van der Waals surface area contributed by atoms with Gasteiger partial charge in [0.1, 0.15) is 5.75 Å². The number of carbonyl (C=O) groups is 1. The van der Waals surface area contributed by atoms with E-state index in [1.165, 1.54) is 0 Å². The Hall–Kier alpha value is -2.55. The van der Waals surface area contributed by atoms with E-state index in [0.29, 0.717) is 5.56 Å². The third-order valence-electron chi connectivity index (χ3n) is 3.46. The lowest BCUT2D eigenvalue weighted by Crippen LogP contribution is -2.36. The highest BCUT2D eigenvalue weighted by Crippen LogP contribution is 2.14. The maximum Gasteiger partial charge on any atom is 0.251 e. The van der Waals surface area contributed by atoms with Crippen molar-refractivity contribution in [2.24, 2.45) is 0 Å². The summed E-state index contributed by atoms with van der Waals surface area (Å²) in [5.41, 5.74) is 1.83. The average Bonchev–Trinajstić information content (AvgIpc) is 2.56. The molecule has 3 heteroatoms. The first-order chi connectivity index (χ1) is 10.7. The molecule has 0 aliphatic carbocycles. The number of carbonyl (C=O) groups excluding carboxylic acids is 1. The Morgan fingerprint density at radius 3 is 2.45 bits per heavy atom. The molecule has 1 atom stereocenters. The molecule has 0 aliphatic heterocycles. The monoisotopic (exact) mass is 295 g/mol. The van der Waals surface area contributed by atoms with E-state index in [4.69, 9.17) is 4.74 Å². The van der Waals surface area contributed by atoms with Crippen LogP contribution in [0.2, 0.25) is 0 Å². The third kappa shape index (κ3) is 4.48. The van der Waals surface area contributed by atoms with E-state index < -0.39 is 0 Å². The molecular weight excluding hydrogens is 274 g/mol. The molecule has 0 unspecified atom stereocenters. The first kappa shape index (κ1) is 15.8. The molecule has 2 rings (SSSR count). The molecule has 0 bridgehead atoms. The van der Waals surface area contributed by atoms with Crippen molar-refractivity contribution in [2.45, 2.75) is 18.9 Å². The molecule has 22 heavy (non-hydrogen) atoms. The fourth-order valence-corrected chi connectivity index (χ4v) is 2.30. The summed E-state index contributed by atoms with van der Waals surface area (Å²) in [6, 6.07) is 17.2. The summed E-state index contributed by atoms with van der Waals surface area (Å²) in [5, 5.41) is 3.07. The van der Waals surface area contributed by atoms with Gasteiger partial charge in [0.05, 0.1) is 7.11 Å². The highest BCUT2D eigenvalue weighted by molar-refractivity contribution is 5.94. The fraction of sp³-hybridized carbons (Fsp3) is 0.211. The Morgan fingerprint density at radius 2 is 1.86 bits per heavy atom. The zero-order chi connectivity index (χ0) is 15.8. The molecule has 2 aromatic carbocycles. The van der Waals surface area contributed by atoms with Gasteiger partial charge in [-0.15, -0.1) is 6.58 Å². The molecule has 0 heterocycles. The van der Waals surface area contributed by atoms with E-state index in [1.54, 1.807) is 7.11 Å². The molecule has 1 N–H and O–H groups in total. The summed E-state index contributed by atoms with van der Waals surface area (Å²) < 4.78 is 5.16. The number of nitrogens with one attached hydrogen (secondary N) is 1. The highest BCUT2D eigenvalue weighted by atomic mass is 16.5. The Morgan fingerprint density at radius 1 is 1.18 bits per heavy atom. The van der Waals surface area contributed by atoms with E-state index in [0.717, 1.165) is 24.2 Å². The second-order valence-electron chi connectivity index (χ2n) is 5.11. The van der Waals surface area contributed by atoms with Gasteiger partial charge in [0.25, 0.3) is 5.91 Å². The first-order valence-electron chi connectivity index (χ1n) is 7.32. The van der Waals surface area contributed by atoms with E-state index in [9.17, 15) is 4.79 Å². The molecule has 0 aliphatic rings. The van der Waals surface area contributed by atoms with Crippen LogP contribution in [0.5, 0.6) is 5.75 Å². The maximum absolute atomic E-state index is 12.3. The molecular formula is C19H21NO2. The lowest BCUT2D eigenvalue weighted by atomic mass is 10.0. The zero-order valence-corrected chi connectivity index (χ0v) is 12.8. The smallest absolute Gasteiger partial charge is 0.251 e. The fourth-order valence-electron chi connectivity index (χ4n) is 2.30. The van der Waals surface area contributed by atoms with E-state index in [1.807, 2.05) is 60.7 Å². The van der Waals surface area contributed by atoms with Crippen LogP contribution in [0.25, 0.3) is 0 Å². The minimum absolute atomic E-state index is 0.0265. The minimum atomic E-state index is -0.0547. The normalized spacial score (nSPS) is 11.5. The molecule has 0 spiro atoms. The Labute approximate surface area is 131 Å². The molecule has 2 aromatic rings. The van der Waals surface area contributed by atoms with Crippen LogP contribution in [0.3, 0.4) is 0 Å². The number of methoxy groups -OCH3 is 1. The van der Waals surface area contributed by atoms with E-state index in [-0.39, 0.29) is 11.9 Å². The van der Waals surface area contributed by atoms with Crippen molar-refractivity contribution in [3.05, 3.63) is 78.4 Å². The van der Waals surface area contributed by atoms with Crippen molar-refractivity contribution >= 4 is 5.91 Å². The van der Waals surface area contributed by atoms with Crippen LogP contribution in [-0.4, -0.2) is 19.1 Å². The number of hydrogen-bond acceptors (Lipinski definition) is 2. The molecule has 0 radical (unpaired) electrons. The van der Waals surface area contributed by atoms with Gasteiger partial charge in [-0.05, 0) is 42.7 Å². The van der Waals surface area contributed by atoms with Gasteiger partial charge in [0.15, 0.2) is 0 Å². The summed E-state index contributed by atoms with van der Waals surface area (Å²) >= 11 is 0. The predicted octanol–water partition coefficient (Wildman–Crippen LogP) is 3.61. The zero-order valence-electron chi connectivity index (χ0n) is 12.8. The predicted molar refractivity (Wildman–Crippen MR) is 89.2 cm³/mol. The topological polar surface area (TPSA) is 38.3 Å². The number of rotatable bonds is 7. The summed E-state index contributed by atoms with van der Waals surface area (Å²) in [7, 11) is 1.65. The van der Waals surface area contributed by atoms with Crippen molar-refractivity contribution in [2.75, 3.05) is 7.11 Å². The molecule has 3 nitrogen and oxygen atoms in total. The molecule has 0 saturated heterocycles. The number of benzene rings is 2. The largest absolute Gasteiger partial charge is 0.497 e. The van der Waals surface area contributed by atoms with Crippen molar-refractivity contribution in [1.29, 1.82) is 0 Å². The van der Waals surface area contributed by atoms with Gasteiger partial charge >= 0.3 is 0 Å². The standard InChI is InChI=1S/C19H21NO2/c1-3-7-17(14-15-10-12-18(22-2)13-11-15)20-19(21)16-8-5-4-6-9-16/h3-6,8-13,17H,1,7,14H2,2H3,(H,20,21)/t17-/m0/s1. The quantitative estimate of drug-likeness (QED) is 0.792. The SMILES string of the molecule is C=CC[C@@H](Cc1ccc(OC)cc1)NC(=O)c1ccccc1. The van der Waals surface area contributed by atoms with Crippen molar-refractivity contribution in [3.8, 4) is 5.75 Å². The van der Waals surface area contributed by atoms with Crippen LogP contribution in [0.4, 0.5) is 0 Å². The van der Waals surface area contributed by atoms with Gasteiger partial charge in [0, 0.05) is 11.6 Å². The number of hydrogen-bond donors (Lipinski definition) is 1. The van der Waals surface area contributed by atoms with Gasteiger partial charge in [0.2, 0.25) is 0 Å². The maximum atomic E-state index is 12.3. The van der Waals surface area contributed by atoms with Crippen LogP contribution in [0.15, 0.2) is 67.3 Å². The van der Waals surface area contributed by atoms with Gasteiger partial charge in [-0.1, -0.05) is 36.4 Å². The molecule has 0 fully saturated rings. The minimum Gasteiger partial charge on any atom is -0.497 e. The van der Waals surface area contributed by atoms with E-state index >= 15 is 0 Å². The lowest BCUT2D eigenvalue weighted by Gasteiger charge is -2.17. The molecule has 1 amide bonds.